The minimum atomic E-state index is -1.73. The van der Waals surface area contributed by atoms with Crippen LogP contribution in [0, 0.1) is 17.8 Å². The molecule has 0 bridgehead atoms. The van der Waals surface area contributed by atoms with Crippen LogP contribution in [0.4, 0.5) is 5.69 Å². The molecule has 0 unspecified atom stereocenters. The predicted octanol–water partition coefficient (Wildman–Crippen LogP) is 1.35. The first kappa shape index (κ1) is 23.1. The SMILES string of the molecule is CC1=C2B(O)O[C@H](c3ccc(O)cc3Cl)C[C@H]2[C@H]2C(=O)N(c3cccc(B(O)O)c3)C(=O)[C@H]2C1. The number of aromatic hydroxyl groups is 1. The lowest BCUT2D eigenvalue weighted by Gasteiger charge is -2.41. The van der Waals surface area contributed by atoms with Crippen molar-refractivity contribution in [1.82, 2.24) is 0 Å². The maximum Gasteiger partial charge on any atom is 0.488 e. The Morgan fingerprint density at radius 2 is 1.88 bits per heavy atom. The molecule has 4 N–H and O–H groups in total. The van der Waals surface area contributed by atoms with Gasteiger partial charge in [-0.05, 0) is 66.4 Å². The number of halogens is 1. The molecule has 2 aromatic carbocycles. The Morgan fingerprint density at radius 3 is 2.59 bits per heavy atom. The average Bonchev–Trinajstić information content (AvgIpc) is 3.03. The zero-order chi connectivity index (χ0) is 24.3. The van der Waals surface area contributed by atoms with Gasteiger partial charge in [-0.1, -0.05) is 35.4 Å². The molecule has 2 fully saturated rings. The molecule has 0 aromatic heterocycles. The summed E-state index contributed by atoms with van der Waals surface area (Å²) in [7, 11) is -2.98. The van der Waals surface area contributed by atoms with Gasteiger partial charge in [-0.3, -0.25) is 14.5 Å². The van der Waals surface area contributed by atoms with Gasteiger partial charge in [0.15, 0.2) is 0 Å². The monoisotopic (exact) mass is 481 g/mol. The maximum atomic E-state index is 13.6. The summed E-state index contributed by atoms with van der Waals surface area (Å²) in [6, 6.07) is 10.5. The van der Waals surface area contributed by atoms with Gasteiger partial charge in [0, 0.05) is 5.02 Å². The third-order valence-corrected chi connectivity index (χ3v) is 7.44. The lowest BCUT2D eigenvalue weighted by molar-refractivity contribution is -0.123. The number of benzene rings is 2. The quantitative estimate of drug-likeness (QED) is 0.385. The van der Waals surface area contributed by atoms with Crippen LogP contribution in [-0.4, -0.2) is 46.2 Å². The number of phenols is 1. The standard InChI is InChI=1S/C23H22B2ClNO7/c1-11-7-17-20(23(30)27(22(17)29)13-4-2-3-12(8-13)24(31)32)16-10-19(34-25(33)21(11)16)15-6-5-14(28)9-18(15)26/h2-6,8-9,16-17,19-20,28,31-33H,7,10H2,1H3/t16-,17-,19-,20+/m0/s1. The van der Waals surface area contributed by atoms with Crippen molar-refractivity contribution < 1.29 is 34.4 Å². The number of hydrogen-bond acceptors (Lipinski definition) is 7. The lowest BCUT2D eigenvalue weighted by atomic mass is 9.55. The molecule has 0 radical (unpaired) electrons. The van der Waals surface area contributed by atoms with Crippen LogP contribution in [0.15, 0.2) is 53.5 Å². The summed E-state index contributed by atoms with van der Waals surface area (Å²) in [5.41, 5.74) is 2.47. The van der Waals surface area contributed by atoms with Crippen molar-refractivity contribution in [3.05, 3.63) is 64.1 Å². The topological polar surface area (TPSA) is 128 Å². The molecule has 4 atom stereocenters. The van der Waals surface area contributed by atoms with E-state index in [1.807, 2.05) is 6.92 Å². The maximum absolute atomic E-state index is 13.6. The molecule has 11 heteroatoms. The number of fused-ring (bicyclic) bond motifs is 3. The molecule has 174 valence electrons. The molecule has 5 rings (SSSR count). The van der Waals surface area contributed by atoms with Crippen LogP contribution in [0.2, 0.25) is 5.02 Å². The Balaban J connectivity index is 1.52. The summed E-state index contributed by atoms with van der Waals surface area (Å²) in [5.74, 6) is -2.46. The number of carbonyl (C=O) groups excluding carboxylic acids is 2. The first-order valence-electron chi connectivity index (χ1n) is 11.0. The molecular formula is C23H22B2ClNO7. The Kier molecular flexibility index (Phi) is 5.82. The van der Waals surface area contributed by atoms with E-state index in [0.717, 1.165) is 10.5 Å². The highest BCUT2D eigenvalue weighted by Gasteiger charge is 2.57. The summed E-state index contributed by atoms with van der Waals surface area (Å²) < 4.78 is 5.86. The zero-order valence-corrected chi connectivity index (χ0v) is 19.0. The lowest BCUT2D eigenvalue weighted by Crippen LogP contribution is -2.44. The normalized spacial score (nSPS) is 26.6. The number of phenolic OH excluding ortho intramolecular Hbond substituents is 1. The second-order valence-electron chi connectivity index (χ2n) is 9.08. The zero-order valence-electron chi connectivity index (χ0n) is 18.3. The molecular weight excluding hydrogens is 459 g/mol. The van der Waals surface area contributed by atoms with Crippen molar-refractivity contribution in [3.63, 3.8) is 0 Å². The average molecular weight is 482 g/mol. The van der Waals surface area contributed by atoms with E-state index in [9.17, 15) is 29.8 Å². The molecule has 2 amide bonds. The van der Waals surface area contributed by atoms with E-state index in [2.05, 4.69) is 0 Å². The highest BCUT2D eigenvalue weighted by atomic mass is 35.5. The van der Waals surface area contributed by atoms with Crippen molar-refractivity contribution in [2.75, 3.05) is 4.90 Å². The fraction of sp³-hybridized carbons (Fsp3) is 0.304. The van der Waals surface area contributed by atoms with Crippen molar-refractivity contribution in [3.8, 4) is 5.75 Å². The summed E-state index contributed by atoms with van der Waals surface area (Å²) >= 11 is 6.32. The van der Waals surface area contributed by atoms with Crippen molar-refractivity contribution in [2.45, 2.75) is 25.9 Å². The molecule has 2 saturated heterocycles. The van der Waals surface area contributed by atoms with Gasteiger partial charge in [0.25, 0.3) is 0 Å². The summed E-state index contributed by atoms with van der Waals surface area (Å²) in [6.07, 6.45) is 0.0241. The number of nitrogens with zero attached hydrogens (tertiary/aromatic N) is 1. The van der Waals surface area contributed by atoms with Crippen molar-refractivity contribution in [2.24, 2.45) is 17.8 Å². The highest BCUT2D eigenvalue weighted by Crippen LogP contribution is 2.52. The number of carbonyl (C=O) groups is 2. The second kappa shape index (κ2) is 8.55. The molecule has 2 aromatic rings. The minimum absolute atomic E-state index is 0.00158. The summed E-state index contributed by atoms with van der Waals surface area (Å²) in [5, 5.41) is 39.9. The second-order valence-corrected chi connectivity index (χ2v) is 9.48. The molecule has 34 heavy (non-hydrogen) atoms. The molecule has 2 heterocycles. The molecule has 3 aliphatic rings. The van der Waals surface area contributed by atoms with Crippen LogP contribution in [0.3, 0.4) is 0 Å². The Hall–Kier alpha value is -2.62. The molecule has 2 aliphatic heterocycles. The predicted molar refractivity (Wildman–Crippen MR) is 126 cm³/mol. The van der Waals surface area contributed by atoms with E-state index < -0.39 is 38.1 Å². The Labute approximate surface area is 201 Å². The van der Waals surface area contributed by atoms with E-state index >= 15 is 0 Å². The summed E-state index contributed by atoms with van der Waals surface area (Å²) in [4.78, 5) is 28.1. The number of hydrogen-bond donors (Lipinski definition) is 4. The third-order valence-electron chi connectivity index (χ3n) is 7.11. The van der Waals surface area contributed by atoms with Gasteiger partial charge < -0.3 is 24.8 Å². The van der Waals surface area contributed by atoms with Crippen LogP contribution < -0.4 is 10.4 Å². The fourth-order valence-electron chi connectivity index (χ4n) is 5.61. The van der Waals surface area contributed by atoms with Crippen LogP contribution in [0.25, 0.3) is 0 Å². The van der Waals surface area contributed by atoms with E-state index in [1.54, 1.807) is 18.2 Å². The smallest absolute Gasteiger partial charge is 0.488 e. The molecule has 0 spiro atoms. The number of amides is 2. The van der Waals surface area contributed by atoms with E-state index in [-0.39, 0.29) is 33.7 Å². The van der Waals surface area contributed by atoms with Gasteiger partial charge in [-0.2, -0.15) is 0 Å². The first-order valence-corrected chi connectivity index (χ1v) is 11.4. The van der Waals surface area contributed by atoms with Gasteiger partial charge >= 0.3 is 14.2 Å². The van der Waals surface area contributed by atoms with Gasteiger partial charge in [-0.25, -0.2) is 0 Å². The summed E-state index contributed by atoms with van der Waals surface area (Å²) in [6.45, 7) is 1.84. The number of allylic oxidation sites excluding steroid dienone is 2. The number of rotatable bonds is 3. The molecule has 8 nitrogen and oxygen atoms in total. The fourth-order valence-corrected chi connectivity index (χ4v) is 5.91. The van der Waals surface area contributed by atoms with E-state index in [1.165, 1.54) is 24.3 Å². The Morgan fingerprint density at radius 1 is 1.12 bits per heavy atom. The van der Waals surface area contributed by atoms with Crippen molar-refractivity contribution >= 4 is 48.8 Å². The number of anilines is 1. The van der Waals surface area contributed by atoms with Crippen LogP contribution in [0.5, 0.6) is 5.75 Å². The van der Waals surface area contributed by atoms with Gasteiger partial charge in [-0.15, -0.1) is 0 Å². The third kappa shape index (κ3) is 3.66. The molecule has 1 aliphatic carbocycles. The number of imide groups is 1. The van der Waals surface area contributed by atoms with Gasteiger partial charge in [0.2, 0.25) is 11.8 Å². The first-order chi connectivity index (χ1) is 16.2. The minimum Gasteiger partial charge on any atom is -0.508 e. The highest BCUT2D eigenvalue weighted by molar-refractivity contribution is 6.58. The van der Waals surface area contributed by atoms with Crippen LogP contribution in [-0.2, 0) is 14.2 Å². The largest absolute Gasteiger partial charge is 0.508 e. The van der Waals surface area contributed by atoms with Crippen LogP contribution in [0.1, 0.15) is 31.4 Å². The molecule has 0 saturated carbocycles. The van der Waals surface area contributed by atoms with Gasteiger partial charge in [0.1, 0.15) is 5.75 Å². The van der Waals surface area contributed by atoms with Gasteiger partial charge in [0.05, 0.1) is 23.6 Å². The van der Waals surface area contributed by atoms with Crippen molar-refractivity contribution in [1.29, 1.82) is 0 Å². The van der Waals surface area contributed by atoms with Crippen LogP contribution >= 0.6 is 11.6 Å². The Bertz CT molecular complexity index is 1220. The van der Waals surface area contributed by atoms with E-state index in [0.29, 0.717) is 23.9 Å². The van der Waals surface area contributed by atoms with E-state index in [4.69, 9.17) is 16.3 Å².